The number of ether oxygens (including phenoxy) is 1. The highest BCUT2D eigenvalue weighted by Gasteiger charge is 1.91. The Labute approximate surface area is 108 Å². The van der Waals surface area contributed by atoms with Crippen LogP contribution in [-0.2, 0) is 0 Å². The van der Waals surface area contributed by atoms with Gasteiger partial charge in [-0.25, -0.2) is 0 Å². The van der Waals surface area contributed by atoms with Crippen LogP contribution in [0.5, 0.6) is 5.75 Å². The fourth-order valence-corrected chi connectivity index (χ4v) is 1.67. The molecular weight excluding hydrogens is 222 g/mol. The third kappa shape index (κ3) is 3.14. The van der Waals surface area contributed by atoms with Gasteiger partial charge in [-0.3, -0.25) is 0 Å². The standard InChI is InChI=1S/C16H17NO/c1-17-15-9-5-13(6-10-15)3-4-14-7-11-16(18-2)12-8-14/h3-12,17H,1-2H3/b4-3+. The molecule has 0 aliphatic rings. The van der Waals surface area contributed by atoms with Crippen LogP contribution in [0.2, 0.25) is 0 Å². The Hall–Kier alpha value is -2.22. The highest BCUT2D eigenvalue weighted by atomic mass is 16.5. The lowest BCUT2D eigenvalue weighted by Gasteiger charge is -2.00. The minimum Gasteiger partial charge on any atom is -0.497 e. The second kappa shape index (κ2) is 5.92. The lowest BCUT2D eigenvalue weighted by molar-refractivity contribution is 0.415. The maximum Gasteiger partial charge on any atom is 0.118 e. The Kier molecular flexibility index (Phi) is 4.02. The largest absolute Gasteiger partial charge is 0.497 e. The molecule has 0 saturated carbocycles. The van der Waals surface area contributed by atoms with Crippen LogP contribution in [0.1, 0.15) is 11.1 Å². The van der Waals surface area contributed by atoms with Gasteiger partial charge in [0.05, 0.1) is 7.11 Å². The van der Waals surface area contributed by atoms with E-state index in [-0.39, 0.29) is 0 Å². The van der Waals surface area contributed by atoms with Crippen molar-refractivity contribution in [1.29, 1.82) is 0 Å². The molecule has 0 bridgehead atoms. The molecule has 18 heavy (non-hydrogen) atoms. The van der Waals surface area contributed by atoms with Gasteiger partial charge in [0.1, 0.15) is 5.75 Å². The van der Waals surface area contributed by atoms with E-state index in [9.17, 15) is 0 Å². The Morgan fingerprint density at radius 3 is 1.78 bits per heavy atom. The van der Waals surface area contributed by atoms with Crippen molar-refractivity contribution in [2.24, 2.45) is 0 Å². The lowest BCUT2D eigenvalue weighted by Crippen LogP contribution is -1.86. The number of rotatable bonds is 4. The number of hydrogen-bond acceptors (Lipinski definition) is 2. The van der Waals surface area contributed by atoms with Crippen LogP contribution in [-0.4, -0.2) is 14.2 Å². The van der Waals surface area contributed by atoms with E-state index in [1.54, 1.807) is 7.11 Å². The van der Waals surface area contributed by atoms with Crippen LogP contribution in [0, 0.1) is 0 Å². The fraction of sp³-hybridized carbons (Fsp3) is 0.125. The van der Waals surface area contributed by atoms with Gasteiger partial charge in [-0.1, -0.05) is 36.4 Å². The summed E-state index contributed by atoms with van der Waals surface area (Å²) in [6.07, 6.45) is 4.19. The lowest BCUT2D eigenvalue weighted by atomic mass is 10.1. The maximum absolute atomic E-state index is 5.13. The predicted molar refractivity (Wildman–Crippen MR) is 77.9 cm³/mol. The average molecular weight is 239 g/mol. The van der Waals surface area contributed by atoms with Crippen LogP contribution < -0.4 is 10.1 Å². The zero-order chi connectivity index (χ0) is 12.8. The summed E-state index contributed by atoms with van der Waals surface area (Å²) in [6, 6.07) is 16.3. The first kappa shape index (κ1) is 12.2. The third-order valence-electron chi connectivity index (χ3n) is 2.78. The van der Waals surface area contributed by atoms with Crippen molar-refractivity contribution < 1.29 is 4.74 Å². The van der Waals surface area contributed by atoms with E-state index in [2.05, 4.69) is 41.7 Å². The van der Waals surface area contributed by atoms with Gasteiger partial charge in [0.15, 0.2) is 0 Å². The van der Waals surface area contributed by atoms with Crippen LogP contribution in [0.4, 0.5) is 5.69 Å². The molecule has 0 aliphatic carbocycles. The molecule has 2 heteroatoms. The monoisotopic (exact) mass is 239 g/mol. The molecule has 0 saturated heterocycles. The van der Waals surface area contributed by atoms with Crippen LogP contribution in [0.15, 0.2) is 48.5 Å². The molecule has 0 radical (unpaired) electrons. The van der Waals surface area contributed by atoms with E-state index < -0.39 is 0 Å². The molecule has 2 aromatic carbocycles. The summed E-state index contributed by atoms with van der Waals surface area (Å²) in [5, 5.41) is 3.10. The molecule has 92 valence electrons. The minimum atomic E-state index is 0.880. The maximum atomic E-state index is 5.13. The summed E-state index contributed by atoms with van der Waals surface area (Å²) < 4.78 is 5.13. The SMILES string of the molecule is CNc1ccc(/C=C/c2ccc(OC)cc2)cc1. The van der Waals surface area contributed by atoms with E-state index in [0.29, 0.717) is 0 Å². The van der Waals surface area contributed by atoms with Crippen molar-refractivity contribution in [2.75, 3.05) is 19.5 Å². The Balaban J connectivity index is 2.08. The van der Waals surface area contributed by atoms with Crippen molar-refractivity contribution in [3.63, 3.8) is 0 Å². The average Bonchev–Trinajstić information content (AvgIpc) is 2.46. The first-order chi connectivity index (χ1) is 8.81. The van der Waals surface area contributed by atoms with Gasteiger partial charge >= 0.3 is 0 Å². The highest BCUT2D eigenvalue weighted by molar-refractivity contribution is 5.70. The van der Waals surface area contributed by atoms with Gasteiger partial charge < -0.3 is 10.1 Å². The smallest absolute Gasteiger partial charge is 0.118 e. The van der Waals surface area contributed by atoms with E-state index in [0.717, 1.165) is 17.0 Å². The number of benzene rings is 2. The second-order valence-electron chi connectivity index (χ2n) is 3.98. The van der Waals surface area contributed by atoms with Crippen molar-refractivity contribution in [3.05, 3.63) is 59.7 Å². The summed E-state index contributed by atoms with van der Waals surface area (Å²) in [7, 11) is 3.59. The number of methoxy groups -OCH3 is 1. The van der Waals surface area contributed by atoms with Gasteiger partial charge in [0.25, 0.3) is 0 Å². The Morgan fingerprint density at radius 1 is 0.833 bits per heavy atom. The van der Waals surface area contributed by atoms with E-state index in [1.165, 1.54) is 5.56 Å². The molecule has 0 fully saturated rings. The van der Waals surface area contributed by atoms with Crippen molar-refractivity contribution in [2.45, 2.75) is 0 Å². The highest BCUT2D eigenvalue weighted by Crippen LogP contribution is 2.15. The predicted octanol–water partition coefficient (Wildman–Crippen LogP) is 3.91. The molecular formula is C16H17NO. The molecule has 0 aliphatic heterocycles. The summed E-state index contributed by atoms with van der Waals surface area (Å²) in [5.41, 5.74) is 3.47. The second-order valence-corrected chi connectivity index (χ2v) is 3.98. The molecule has 1 N–H and O–H groups in total. The fourth-order valence-electron chi connectivity index (χ4n) is 1.67. The van der Waals surface area contributed by atoms with Gasteiger partial charge in [0, 0.05) is 12.7 Å². The van der Waals surface area contributed by atoms with E-state index >= 15 is 0 Å². The van der Waals surface area contributed by atoms with E-state index in [1.807, 2.05) is 31.3 Å². The molecule has 2 nitrogen and oxygen atoms in total. The summed E-state index contributed by atoms with van der Waals surface area (Å²) in [6.45, 7) is 0. The van der Waals surface area contributed by atoms with Gasteiger partial charge in [-0.05, 0) is 35.4 Å². The molecule has 0 heterocycles. The molecule has 2 aromatic rings. The van der Waals surface area contributed by atoms with Crippen LogP contribution >= 0.6 is 0 Å². The zero-order valence-corrected chi connectivity index (χ0v) is 10.7. The summed E-state index contributed by atoms with van der Waals surface area (Å²) in [5.74, 6) is 0.880. The summed E-state index contributed by atoms with van der Waals surface area (Å²) in [4.78, 5) is 0. The normalized spacial score (nSPS) is 10.6. The topological polar surface area (TPSA) is 21.3 Å². The molecule has 0 unspecified atom stereocenters. The van der Waals surface area contributed by atoms with Crippen LogP contribution in [0.3, 0.4) is 0 Å². The molecule has 0 aromatic heterocycles. The third-order valence-corrected chi connectivity index (χ3v) is 2.78. The molecule has 0 amide bonds. The van der Waals surface area contributed by atoms with Gasteiger partial charge in [0.2, 0.25) is 0 Å². The summed E-state index contributed by atoms with van der Waals surface area (Å²) >= 11 is 0. The Bertz CT molecular complexity index is 462. The van der Waals surface area contributed by atoms with Crippen molar-refractivity contribution in [1.82, 2.24) is 0 Å². The van der Waals surface area contributed by atoms with Crippen molar-refractivity contribution >= 4 is 17.8 Å². The molecule has 2 rings (SSSR count). The molecule has 0 spiro atoms. The number of hydrogen-bond donors (Lipinski definition) is 1. The Morgan fingerprint density at radius 2 is 1.33 bits per heavy atom. The quantitative estimate of drug-likeness (QED) is 0.817. The first-order valence-electron chi connectivity index (χ1n) is 5.92. The molecule has 0 atom stereocenters. The zero-order valence-electron chi connectivity index (χ0n) is 10.7. The minimum absolute atomic E-state index is 0.880. The van der Waals surface area contributed by atoms with Gasteiger partial charge in [-0.15, -0.1) is 0 Å². The van der Waals surface area contributed by atoms with Gasteiger partial charge in [-0.2, -0.15) is 0 Å². The number of anilines is 1. The number of nitrogens with one attached hydrogen (secondary N) is 1. The van der Waals surface area contributed by atoms with Crippen LogP contribution in [0.25, 0.3) is 12.2 Å². The van der Waals surface area contributed by atoms with Crippen molar-refractivity contribution in [3.8, 4) is 5.75 Å². The van der Waals surface area contributed by atoms with E-state index in [4.69, 9.17) is 4.74 Å². The first-order valence-corrected chi connectivity index (χ1v) is 5.92.